The molecule has 5 heterocycles. The lowest BCUT2D eigenvalue weighted by molar-refractivity contribution is 0.271. The first kappa shape index (κ1) is 18.5. The van der Waals surface area contributed by atoms with Crippen LogP contribution < -0.4 is 10.9 Å². The monoisotopic (exact) mass is 564 g/mol. The molecule has 0 saturated heterocycles. The Morgan fingerprint density at radius 2 is 2.00 bits per heavy atom. The molecule has 5 aromatic heterocycles. The van der Waals surface area contributed by atoms with Crippen molar-refractivity contribution in [3.8, 4) is 22.8 Å². The van der Waals surface area contributed by atoms with E-state index >= 15 is 0 Å². The topological polar surface area (TPSA) is 154 Å². The maximum Gasteiger partial charge on any atom is 0.261 e. The summed E-state index contributed by atoms with van der Waals surface area (Å²) in [6, 6.07) is 4.39. The molecule has 1 unspecified atom stereocenters. The molecule has 13 nitrogen and oxygen atoms in total. The number of pyridine rings is 1. The van der Waals surface area contributed by atoms with E-state index in [9.17, 15) is 11.3 Å². The second kappa shape index (κ2) is 9.77. The number of halogens is 1. The van der Waals surface area contributed by atoms with Crippen LogP contribution in [0, 0.1) is 6.92 Å². The van der Waals surface area contributed by atoms with Gasteiger partial charge in [0.05, 0.1) is 31.0 Å². The number of imidazole rings is 1. The molecule has 6 rings (SSSR count). The molecule has 2 N–H and O–H groups in total. The number of tetrazole rings is 1. The third-order valence-corrected chi connectivity index (χ3v) is 6.43. The van der Waals surface area contributed by atoms with Gasteiger partial charge in [-0.25, -0.2) is 19.9 Å². The Balaban J connectivity index is 1.59. The second-order valence-electron chi connectivity index (χ2n) is 8.86. The zero-order valence-electron chi connectivity index (χ0n) is 28.0. The summed E-state index contributed by atoms with van der Waals surface area (Å²) in [6.07, 6.45) is 4.06. The van der Waals surface area contributed by atoms with Gasteiger partial charge in [-0.2, -0.15) is 4.80 Å². The quantitative estimate of drug-likeness (QED) is 0.288. The lowest BCUT2D eigenvalue weighted by Crippen LogP contribution is -2.21. The first-order valence-corrected chi connectivity index (χ1v) is 12.1. The Labute approximate surface area is 242 Å². The predicted octanol–water partition coefficient (Wildman–Crippen LogP) is 2.86. The standard InChI is InChI=1S/C26H24ClN11O2/c1-13-7-16(14(2)31-18-5-6-19(27)32-22(18)24-33-35-37(4)34-24)23-17(8-13)26(40)36(3)25-21(30-12-38(23)25)15-9-28-20(11-39)29-10-15/h5-10,12,14,31,39H,11H2,1-4H3/i3D3,4D3,14D. The van der Waals surface area contributed by atoms with Gasteiger partial charge < -0.3 is 10.4 Å². The number of benzene rings is 1. The minimum atomic E-state index is -2.93. The van der Waals surface area contributed by atoms with E-state index in [1.54, 1.807) is 13.0 Å². The van der Waals surface area contributed by atoms with Crippen molar-refractivity contribution >= 4 is 33.8 Å². The van der Waals surface area contributed by atoms with Crippen LogP contribution in [0.2, 0.25) is 5.15 Å². The molecule has 0 bridgehead atoms. The molecule has 6 aromatic rings. The van der Waals surface area contributed by atoms with Crippen molar-refractivity contribution in [2.75, 3.05) is 5.32 Å². The fourth-order valence-electron chi connectivity index (χ4n) is 4.47. The number of anilines is 1. The Morgan fingerprint density at radius 1 is 1.18 bits per heavy atom. The van der Waals surface area contributed by atoms with Crippen molar-refractivity contribution in [2.24, 2.45) is 14.0 Å². The molecule has 0 aliphatic rings. The van der Waals surface area contributed by atoms with Crippen molar-refractivity contribution in [1.29, 1.82) is 0 Å². The van der Waals surface area contributed by atoms with Gasteiger partial charge in [-0.1, -0.05) is 17.7 Å². The number of aliphatic hydroxyl groups is 1. The highest BCUT2D eigenvalue weighted by Gasteiger charge is 2.22. The number of fused-ring (bicyclic) bond motifs is 3. The van der Waals surface area contributed by atoms with Crippen molar-refractivity contribution in [1.82, 2.24) is 49.1 Å². The lowest BCUT2D eigenvalue weighted by Gasteiger charge is -2.21. The first-order valence-electron chi connectivity index (χ1n) is 15.2. The van der Waals surface area contributed by atoms with Gasteiger partial charge in [0.1, 0.15) is 35.1 Å². The summed E-state index contributed by atoms with van der Waals surface area (Å²) in [7, 11) is 0. The van der Waals surface area contributed by atoms with Crippen LogP contribution in [0.1, 0.15) is 39.5 Å². The summed E-state index contributed by atoms with van der Waals surface area (Å²) in [6.45, 7) is -2.83. The van der Waals surface area contributed by atoms with Crippen molar-refractivity contribution < 1.29 is 14.7 Å². The summed E-state index contributed by atoms with van der Waals surface area (Å²) in [4.78, 5) is 31.3. The predicted molar refractivity (Wildman–Crippen MR) is 149 cm³/mol. The molecule has 1 aromatic carbocycles. The molecule has 1 atom stereocenters. The molecule has 0 spiro atoms. The average molecular weight is 565 g/mol. The van der Waals surface area contributed by atoms with Gasteiger partial charge in [-0.05, 0) is 48.4 Å². The maximum absolute atomic E-state index is 14.0. The number of nitrogens with one attached hydrogen (secondary N) is 1. The van der Waals surface area contributed by atoms with Crippen LogP contribution in [-0.2, 0) is 20.6 Å². The van der Waals surface area contributed by atoms with Crippen molar-refractivity contribution in [3.05, 3.63) is 75.4 Å². The first-order chi connectivity index (χ1) is 22.0. The van der Waals surface area contributed by atoms with Gasteiger partial charge in [0.15, 0.2) is 5.82 Å². The third kappa shape index (κ3) is 4.25. The summed E-state index contributed by atoms with van der Waals surface area (Å²) >= 11 is 6.16. The largest absolute Gasteiger partial charge is 0.388 e. The van der Waals surface area contributed by atoms with Crippen LogP contribution in [-0.4, -0.2) is 54.2 Å². The second-order valence-corrected chi connectivity index (χ2v) is 9.25. The number of nitrogens with zero attached hydrogens (tertiary/aromatic N) is 10. The Bertz CT molecular complexity index is 2230. The fraction of sp³-hybridized carbons (Fsp3) is 0.231. The zero-order valence-corrected chi connectivity index (χ0v) is 21.7. The fourth-order valence-corrected chi connectivity index (χ4v) is 4.62. The highest BCUT2D eigenvalue weighted by molar-refractivity contribution is 6.29. The van der Waals surface area contributed by atoms with Crippen molar-refractivity contribution in [3.63, 3.8) is 0 Å². The van der Waals surface area contributed by atoms with E-state index in [0.717, 1.165) is 0 Å². The third-order valence-electron chi connectivity index (χ3n) is 6.22. The molecule has 0 fully saturated rings. The molecule has 0 saturated carbocycles. The summed E-state index contributed by atoms with van der Waals surface area (Å²) in [5.74, 6) is -0.0374. The Morgan fingerprint density at radius 3 is 2.73 bits per heavy atom. The van der Waals surface area contributed by atoms with E-state index in [-0.39, 0.29) is 61.6 Å². The van der Waals surface area contributed by atoms with Gasteiger partial charge >= 0.3 is 0 Å². The molecule has 0 amide bonds. The minimum absolute atomic E-state index is 0.00887. The molecule has 14 heteroatoms. The number of aromatic nitrogens is 10. The molecule has 0 aliphatic heterocycles. The molecular formula is C26H24ClN11O2. The van der Waals surface area contributed by atoms with Gasteiger partial charge in [-0.3, -0.25) is 13.8 Å². The highest BCUT2D eigenvalue weighted by Crippen LogP contribution is 2.33. The summed E-state index contributed by atoms with van der Waals surface area (Å²) in [5, 5.41) is 23.8. The summed E-state index contributed by atoms with van der Waals surface area (Å²) < 4.78 is 59.0. The number of hydrogen-bond donors (Lipinski definition) is 2. The highest BCUT2D eigenvalue weighted by atomic mass is 35.5. The minimum Gasteiger partial charge on any atom is -0.388 e. The van der Waals surface area contributed by atoms with E-state index in [2.05, 4.69) is 40.7 Å². The van der Waals surface area contributed by atoms with Crippen molar-refractivity contribution in [2.45, 2.75) is 26.5 Å². The average Bonchev–Trinajstić information content (AvgIpc) is 3.66. The van der Waals surface area contributed by atoms with Gasteiger partial charge in [0.25, 0.3) is 5.56 Å². The zero-order chi connectivity index (χ0) is 34.1. The van der Waals surface area contributed by atoms with E-state index in [1.807, 2.05) is 0 Å². The van der Waals surface area contributed by atoms with Crippen LogP contribution in [0.15, 0.2) is 47.8 Å². The summed E-state index contributed by atoms with van der Waals surface area (Å²) in [5.41, 5.74) is 0.642. The van der Waals surface area contributed by atoms with E-state index < -0.39 is 32.1 Å². The number of aliphatic hydroxyl groups excluding tert-OH is 1. The van der Waals surface area contributed by atoms with E-state index in [4.69, 9.17) is 19.8 Å². The number of hydrogen-bond acceptors (Lipinski definition) is 10. The number of aryl methyl sites for hydroxylation is 3. The molecule has 202 valence electrons. The Kier molecular flexibility index (Phi) is 4.52. The van der Waals surface area contributed by atoms with Gasteiger partial charge in [0.2, 0.25) is 5.82 Å². The van der Waals surface area contributed by atoms with E-state index in [0.29, 0.717) is 14.9 Å². The molecule has 0 radical (unpaired) electrons. The molecule has 0 aliphatic carbocycles. The van der Waals surface area contributed by atoms with Crippen LogP contribution in [0.5, 0.6) is 0 Å². The van der Waals surface area contributed by atoms with E-state index in [1.165, 1.54) is 48.2 Å². The Hall–Kier alpha value is -4.75. The number of rotatable bonds is 6. The maximum atomic E-state index is 14.0. The molecular weight excluding hydrogens is 534 g/mol. The SMILES string of the molecule is [2H]C(C)(Nc1ccc(Cl)nc1-c1nnn(C([2H])([2H])[2H])n1)c1cc(C)cc2c(=O)n(C([2H])([2H])[2H])c3c(-c4cnc(CO)nc4)ncn3c12. The van der Waals surface area contributed by atoms with Crippen LogP contribution in [0.4, 0.5) is 5.69 Å². The van der Waals surface area contributed by atoms with Crippen LogP contribution in [0.25, 0.3) is 39.3 Å². The van der Waals surface area contributed by atoms with Crippen LogP contribution >= 0.6 is 11.6 Å². The smallest absolute Gasteiger partial charge is 0.261 e. The molecule has 40 heavy (non-hydrogen) atoms. The normalized spacial score (nSPS) is 16.4. The van der Waals surface area contributed by atoms with Gasteiger partial charge in [-0.15, -0.1) is 10.2 Å². The lowest BCUT2D eigenvalue weighted by atomic mass is 10.0. The van der Waals surface area contributed by atoms with Gasteiger partial charge in [0, 0.05) is 33.2 Å². The van der Waals surface area contributed by atoms with Crippen LogP contribution in [0.3, 0.4) is 0 Å².